The lowest BCUT2D eigenvalue weighted by Gasteiger charge is -2.10. The Morgan fingerprint density at radius 2 is 1.91 bits per heavy atom. The SMILES string of the molecule is Cc1cc2nc(-c3ccccc3Cl)n(CC(N)=S)c2cc1C. The molecule has 0 atom stereocenters. The van der Waals surface area contributed by atoms with Crippen LogP contribution in [0.4, 0.5) is 0 Å². The van der Waals surface area contributed by atoms with Crippen LogP contribution in [-0.2, 0) is 6.54 Å². The average molecular weight is 330 g/mol. The number of aryl methyl sites for hydroxylation is 2. The van der Waals surface area contributed by atoms with Crippen LogP contribution in [0.3, 0.4) is 0 Å². The van der Waals surface area contributed by atoms with Crippen molar-refractivity contribution in [3.63, 3.8) is 0 Å². The van der Waals surface area contributed by atoms with Gasteiger partial charge in [-0.1, -0.05) is 36.0 Å². The molecule has 0 amide bonds. The zero-order valence-corrected chi connectivity index (χ0v) is 14.0. The van der Waals surface area contributed by atoms with Crippen LogP contribution in [0.2, 0.25) is 5.02 Å². The highest BCUT2D eigenvalue weighted by atomic mass is 35.5. The molecule has 0 spiro atoms. The van der Waals surface area contributed by atoms with Crippen LogP contribution in [0.25, 0.3) is 22.4 Å². The fraction of sp³-hybridized carbons (Fsp3) is 0.176. The fourth-order valence-corrected chi connectivity index (χ4v) is 2.89. The maximum absolute atomic E-state index is 6.34. The van der Waals surface area contributed by atoms with Crippen molar-refractivity contribution in [2.24, 2.45) is 5.73 Å². The van der Waals surface area contributed by atoms with Crippen molar-refractivity contribution in [2.45, 2.75) is 20.4 Å². The molecule has 0 radical (unpaired) electrons. The second kappa shape index (κ2) is 5.71. The average Bonchev–Trinajstić information content (AvgIpc) is 2.77. The van der Waals surface area contributed by atoms with Crippen LogP contribution in [0.15, 0.2) is 36.4 Å². The van der Waals surface area contributed by atoms with E-state index in [0.717, 1.165) is 22.4 Å². The standard InChI is InChI=1S/C17H16ClN3S/c1-10-7-14-15(8-11(10)2)21(9-16(19)22)17(20-14)12-5-3-4-6-13(12)18/h3-8H,9H2,1-2H3,(H2,19,22). The van der Waals surface area contributed by atoms with E-state index in [9.17, 15) is 0 Å². The molecule has 1 heterocycles. The van der Waals surface area contributed by atoms with Gasteiger partial charge in [0, 0.05) is 5.56 Å². The number of fused-ring (bicyclic) bond motifs is 1. The molecule has 0 saturated heterocycles. The van der Waals surface area contributed by atoms with Crippen molar-refractivity contribution in [2.75, 3.05) is 0 Å². The Balaban J connectivity index is 2.33. The normalized spacial score (nSPS) is 11.0. The largest absolute Gasteiger partial charge is 0.392 e. The van der Waals surface area contributed by atoms with Gasteiger partial charge in [-0.05, 0) is 49.2 Å². The summed E-state index contributed by atoms with van der Waals surface area (Å²) in [7, 11) is 0. The molecule has 5 heteroatoms. The number of halogens is 1. The number of aromatic nitrogens is 2. The van der Waals surface area contributed by atoms with E-state index in [1.54, 1.807) is 0 Å². The molecule has 3 aromatic rings. The second-order valence-corrected chi connectivity index (χ2v) is 6.32. The van der Waals surface area contributed by atoms with E-state index >= 15 is 0 Å². The number of nitrogens with zero attached hydrogens (tertiary/aromatic N) is 2. The third-order valence-corrected chi connectivity index (χ3v) is 4.25. The second-order valence-electron chi connectivity index (χ2n) is 5.39. The van der Waals surface area contributed by atoms with Crippen LogP contribution in [0, 0.1) is 13.8 Å². The van der Waals surface area contributed by atoms with Gasteiger partial charge >= 0.3 is 0 Å². The molecule has 2 aromatic carbocycles. The predicted octanol–water partition coefficient (Wildman–Crippen LogP) is 4.26. The summed E-state index contributed by atoms with van der Waals surface area (Å²) in [4.78, 5) is 5.18. The fourth-order valence-electron chi connectivity index (χ4n) is 2.54. The highest BCUT2D eigenvalue weighted by molar-refractivity contribution is 7.80. The third kappa shape index (κ3) is 2.60. The summed E-state index contributed by atoms with van der Waals surface area (Å²) in [6, 6.07) is 11.9. The van der Waals surface area contributed by atoms with E-state index in [1.807, 2.05) is 28.8 Å². The van der Waals surface area contributed by atoms with Gasteiger partial charge in [0.15, 0.2) is 0 Å². The zero-order chi connectivity index (χ0) is 15.9. The molecule has 22 heavy (non-hydrogen) atoms. The molecule has 0 fully saturated rings. The highest BCUT2D eigenvalue weighted by Crippen LogP contribution is 2.31. The van der Waals surface area contributed by atoms with Crippen molar-refractivity contribution >= 4 is 39.8 Å². The van der Waals surface area contributed by atoms with Crippen LogP contribution in [-0.4, -0.2) is 14.5 Å². The number of nitrogens with two attached hydrogens (primary N) is 1. The van der Waals surface area contributed by atoms with Gasteiger partial charge in [0.05, 0.1) is 27.6 Å². The van der Waals surface area contributed by atoms with Gasteiger partial charge in [-0.2, -0.15) is 0 Å². The Kier molecular flexibility index (Phi) is 3.89. The molecule has 0 aliphatic heterocycles. The summed E-state index contributed by atoms with van der Waals surface area (Å²) in [6.07, 6.45) is 0. The van der Waals surface area contributed by atoms with E-state index in [1.165, 1.54) is 11.1 Å². The topological polar surface area (TPSA) is 43.8 Å². The summed E-state index contributed by atoms with van der Waals surface area (Å²) in [5.74, 6) is 0.790. The van der Waals surface area contributed by atoms with Crippen molar-refractivity contribution in [3.8, 4) is 11.4 Å². The number of benzene rings is 2. The van der Waals surface area contributed by atoms with Gasteiger partial charge in [0.1, 0.15) is 5.82 Å². The lowest BCUT2D eigenvalue weighted by atomic mass is 10.1. The van der Waals surface area contributed by atoms with Gasteiger partial charge in [-0.25, -0.2) is 4.98 Å². The summed E-state index contributed by atoms with van der Waals surface area (Å²) < 4.78 is 2.03. The van der Waals surface area contributed by atoms with Gasteiger partial charge < -0.3 is 10.3 Å². The van der Waals surface area contributed by atoms with E-state index in [-0.39, 0.29) is 0 Å². The molecule has 3 nitrogen and oxygen atoms in total. The number of thiocarbonyl (C=S) groups is 1. The predicted molar refractivity (Wildman–Crippen MR) is 96.4 cm³/mol. The summed E-state index contributed by atoms with van der Waals surface area (Å²) in [5, 5.41) is 0.662. The first-order valence-corrected chi connectivity index (χ1v) is 7.76. The third-order valence-electron chi connectivity index (χ3n) is 3.79. The Labute approximate surface area is 139 Å². The molecular weight excluding hydrogens is 314 g/mol. The summed E-state index contributed by atoms with van der Waals surface area (Å²) in [6.45, 7) is 4.60. The minimum atomic E-state index is 0.422. The molecule has 112 valence electrons. The number of hydrogen-bond acceptors (Lipinski definition) is 2. The van der Waals surface area contributed by atoms with Gasteiger partial charge in [-0.3, -0.25) is 0 Å². The molecule has 3 rings (SSSR count). The highest BCUT2D eigenvalue weighted by Gasteiger charge is 2.16. The van der Waals surface area contributed by atoms with E-state index in [0.29, 0.717) is 16.6 Å². The Morgan fingerprint density at radius 1 is 1.23 bits per heavy atom. The molecule has 0 aliphatic rings. The monoisotopic (exact) mass is 329 g/mol. The van der Waals surface area contributed by atoms with Gasteiger partial charge in [0.25, 0.3) is 0 Å². The molecule has 0 saturated carbocycles. The zero-order valence-electron chi connectivity index (χ0n) is 12.4. The maximum Gasteiger partial charge on any atom is 0.143 e. The summed E-state index contributed by atoms with van der Waals surface area (Å²) in [5.41, 5.74) is 11.0. The molecular formula is C17H16ClN3S. The van der Waals surface area contributed by atoms with Crippen LogP contribution < -0.4 is 5.73 Å². The molecule has 1 aromatic heterocycles. The van der Waals surface area contributed by atoms with E-state index in [2.05, 4.69) is 26.0 Å². The molecule has 0 unspecified atom stereocenters. The maximum atomic E-state index is 6.34. The lowest BCUT2D eigenvalue weighted by molar-refractivity contribution is 0.895. The van der Waals surface area contributed by atoms with Gasteiger partial charge in [0.2, 0.25) is 0 Å². The van der Waals surface area contributed by atoms with Crippen LogP contribution in [0.5, 0.6) is 0 Å². The Hall–Kier alpha value is -1.91. The van der Waals surface area contributed by atoms with Crippen molar-refractivity contribution in [1.29, 1.82) is 0 Å². The molecule has 0 bridgehead atoms. The number of hydrogen-bond donors (Lipinski definition) is 1. The van der Waals surface area contributed by atoms with E-state index in [4.69, 9.17) is 34.5 Å². The molecule has 2 N–H and O–H groups in total. The first kappa shape index (κ1) is 15.0. The van der Waals surface area contributed by atoms with Crippen LogP contribution in [0.1, 0.15) is 11.1 Å². The quantitative estimate of drug-likeness (QED) is 0.730. The first-order valence-electron chi connectivity index (χ1n) is 6.98. The Bertz CT molecular complexity index is 883. The minimum Gasteiger partial charge on any atom is -0.392 e. The van der Waals surface area contributed by atoms with Crippen LogP contribution >= 0.6 is 23.8 Å². The van der Waals surface area contributed by atoms with Gasteiger partial charge in [-0.15, -0.1) is 0 Å². The van der Waals surface area contributed by atoms with E-state index < -0.39 is 0 Å². The number of imidazole rings is 1. The molecule has 0 aliphatic carbocycles. The summed E-state index contributed by atoms with van der Waals surface area (Å²) >= 11 is 11.4. The van der Waals surface area contributed by atoms with Crippen molar-refractivity contribution in [3.05, 3.63) is 52.5 Å². The minimum absolute atomic E-state index is 0.422. The van der Waals surface area contributed by atoms with Crippen molar-refractivity contribution in [1.82, 2.24) is 9.55 Å². The van der Waals surface area contributed by atoms with Crippen molar-refractivity contribution < 1.29 is 0 Å². The lowest BCUT2D eigenvalue weighted by Crippen LogP contribution is -2.17. The smallest absolute Gasteiger partial charge is 0.143 e. The number of rotatable bonds is 3. The Morgan fingerprint density at radius 3 is 2.59 bits per heavy atom. The first-order chi connectivity index (χ1) is 10.5.